The summed E-state index contributed by atoms with van der Waals surface area (Å²) in [5.74, 6) is -0.847. The molecule has 124 valence electrons. The third-order valence-electron chi connectivity index (χ3n) is 4.05. The van der Waals surface area contributed by atoms with Crippen LogP contribution < -0.4 is 5.32 Å². The number of benzene rings is 1. The summed E-state index contributed by atoms with van der Waals surface area (Å²) in [6.45, 7) is 6.11. The highest BCUT2D eigenvalue weighted by atomic mass is 16.5. The number of methoxy groups -OCH3 is 1. The maximum atomic E-state index is 12.5. The first-order chi connectivity index (χ1) is 10.9. The van der Waals surface area contributed by atoms with E-state index in [0.29, 0.717) is 0 Å². The number of aliphatic hydroxyl groups excluding tert-OH is 1. The van der Waals surface area contributed by atoms with E-state index in [0.717, 1.165) is 22.4 Å². The average molecular weight is 318 g/mol. The topological polar surface area (TPSA) is 78.9 Å². The third-order valence-corrected chi connectivity index (χ3v) is 4.05. The second-order valence-corrected chi connectivity index (χ2v) is 5.67. The smallest absolute Gasteiger partial charge is 0.337 e. The lowest BCUT2D eigenvalue weighted by atomic mass is 10.0. The Morgan fingerprint density at radius 1 is 1.26 bits per heavy atom. The summed E-state index contributed by atoms with van der Waals surface area (Å²) in [6.07, 6.45) is 0. The van der Waals surface area contributed by atoms with Crippen molar-refractivity contribution >= 4 is 17.6 Å². The molecule has 1 aromatic rings. The number of β-amino-alcohol motifs (C(OH)–C–C–N with tert-alkyl or cyclic N) is 1. The number of hydrogen-bond donors (Lipinski definition) is 2. The van der Waals surface area contributed by atoms with Crippen LogP contribution >= 0.6 is 0 Å². The summed E-state index contributed by atoms with van der Waals surface area (Å²) in [7, 11) is 1.29. The molecule has 1 aliphatic heterocycles. The van der Waals surface area contributed by atoms with Crippen LogP contribution in [0, 0.1) is 20.8 Å². The highest BCUT2D eigenvalue weighted by Crippen LogP contribution is 2.26. The van der Waals surface area contributed by atoms with Gasteiger partial charge in [0.05, 0.1) is 25.8 Å². The number of nitrogens with one attached hydrogen (secondary N) is 1. The number of rotatable bonds is 5. The molecule has 0 atom stereocenters. The molecule has 1 heterocycles. The van der Waals surface area contributed by atoms with E-state index in [1.165, 1.54) is 12.0 Å². The fourth-order valence-electron chi connectivity index (χ4n) is 2.58. The Morgan fingerprint density at radius 2 is 1.91 bits per heavy atom. The van der Waals surface area contributed by atoms with Crippen molar-refractivity contribution in [3.05, 3.63) is 40.1 Å². The van der Waals surface area contributed by atoms with Gasteiger partial charge in [0, 0.05) is 12.2 Å². The summed E-state index contributed by atoms with van der Waals surface area (Å²) in [5, 5.41) is 12.2. The number of anilines is 1. The molecule has 0 spiro atoms. The van der Waals surface area contributed by atoms with Gasteiger partial charge in [0.2, 0.25) is 0 Å². The van der Waals surface area contributed by atoms with E-state index in [9.17, 15) is 9.59 Å². The van der Waals surface area contributed by atoms with Crippen molar-refractivity contribution in [2.75, 3.05) is 32.1 Å². The third kappa shape index (κ3) is 3.37. The van der Waals surface area contributed by atoms with Crippen LogP contribution in [0.25, 0.3) is 0 Å². The van der Waals surface area contributed by atoms with Gasteiger partial charge in [0.15, 0.2) is 0 Å². The summed E-state index contributed by atoms with van der Waals surface area (Å²) >= 11 is 0. The predicted octanol–water partition coefficient (Wildman–Crippen LogP) is 1.29. The molecular weight excluding hydrogens is 296 g/mol. The Kier molecular flexibility index (Phi) is 5.05. The zero-order valence-electron chi connectivity index (χ0n) is 13.9. The molecule has 6 heteroatoms. The summed E-state index contributed by atoms with van der Waals surface area (Å²) < 4.78 is 4.77. The van der Waals surface area contributed by atoms with Crippen molar-refractivity contribution in [3.63, 3.8) is 0 Å². The quantitative estimate of drug-likeness (QED) is 0.800. The Balaban J connectivity index is 2.39. The SMILES string of the molecule is COC(=O)C1=C(Nc2cc(C)c(C)cc2C)C(=O)N(CCO)C1. The maximum absolute atomic E-state index is 12.5. The number of nitrogens with zero attached hydrogens (tertiary/aromatic N) is 1. The van der Waals surface area contributed by atoms with Crippen molar-refractivity contribution in [1.29, 1.82) is 0 Å². The molecule has 0 unspecified atom stereocenters. The molecule has 0 radical (unpaired) electrons. The van der Waals surface area contributed by atoms with E-state index in [1.54, 1.807) is 0 Å². The van der Waals surface area contributed by atoms with E-state index in [-0.39, 0.29) is 36.9 Å². The van der Waals surface area contributed by atoms with Crippen LogP contribution in [0.1, 0.15) is 16.7 Å². The van der Waals surface area contributed by atoms with Crippen molar-refractivity contribution in [3.8, 4) is 0 Å². The fourth-order valence-corrected chi connectivity index (χ4v) is 2.58. The summed E-state index contributed by atoms with van der Waals surface area (Å²) in [6, 6.07) is 3.98. The van der Waals surface area contributed by atoms with Crippen molar-refractivity contribution in [1.82, 2.24) is 4.90 Å². The van der Waals surface area contributed by atoms with Crippen molar-refractivity contribution in [2.45, 2.75) is 20.8 Å². The molecule has 23 heavy (non-hydrogen) atoms. The molecule has 0 fully saturated rings. The molecule has 2 rings (SSSR count). The van der Waals surface area contributed by atoms with Crippen molar-refractivity contribution < 1.29 is 19.4 Å². The van der Waals surface area contributed by atoms with Gasteiger partial charge in [-0.1, -0.05) is 6.07 Å². The van der Waals surface area contributed by atoms with E-state index in [2.05, 4.69) is 5.32 Å². The molecule has 1 aliphatic rings. The molecule has 2 N–H and O–H groups in total. The zero-order chi connectivity index (χ0) is 17.1. The molecule has 0 saturated carbocycles. The summed E-state index contributed by atoms with van der Waals surface area (Å²) in [4.78, 5) is 25.9. The lowest BCUT2D eigenvalue weighted by Gasteiger charge is -2.16. The predicted molar refractivity (Wildman–Crippen MR) is 87.0 cm³/mol. The highest BCUT2D eigenvalue weighted by Gasteiger charge is 2.34. The molecule has 1 aromatic carbocycles. The molecule has 0 saturated heterocycles. The van der Waals surface area contributed by atoms with Crippen LogP contribution in [0.5, 0.6) is 0 Å². The molecule has 0 aliphatic carbocycles. The van der Waals surface area contributed by atoms with Crippen LogP contribution in [-0.4, -0.2) is 48.7 Å². The molecule has 0 aromatic heterocycles. The van der Waals surface area contributed by atoms with E-state index in [1.807, 2.05) is 32.9 Å². The van der Waals surface area contributed by atoms with Gasteiger partial charge >= 0.3 is 5.97 Å². The zero-order valence-corrected chi connectivity index (χ0v) is 13.9. The normalized spacial score (nSPS) is 14.5. The number of ether oxygens (including phenoxy) is 1. The monoisotopic (exact) mass is 318 g/mol. The van der Waals surface area contributed by atoms with Crippen LogP contribution in [0.3, 0.4) is 0 Å². The second-order valence-electron chi connectivity index (χ2n) is 5.67. The summed E-state index contributed by atoms with van der Waals surface area (Å²) in [5.41, 5.74) is 4.52. The second kappa shape index (κ2) is 6.83. The minimum atomic E-state index is -0.539. The van der Waals surface area contributed by atoms with Gasteiger partial charge in [0.25, 0.3) is 5.91 Å². The van der Waals surface area contributed by atoms with Gasteiger partial charge in [0.1, 0.15) is 5.70 Å². The van der Waals surface area contributed by atoms with E-state index in [4.69, 9.17) is 9.84 Å². The number of aryl methyl sites for hydroxylation is 3. The Morgan fingerprint density at radius 3 is 2.52 bits per heavy atom. The molecular formula is C17H22N2O4. The number of esters is 1. The van der Waals surface area contributed by atoms with Gasteiger partial charge in [-0.25, -0.2) is 4.79 Å². The van der Waals surface area contributed by atoms with Gasteiger partial charge in [-0.15, -0.1) is 0 Å². The average Bonchev–Trinajstić information content (AvgIpc) is 2.81. The molecule has 6 nitrogen and oxygen atoms in total. The Labute approximate surface area is 135 Å². The van der Waals surface area contributed by atoms with Crippen LogP contribution in [0.4, 0.5) is 5.69 Å². The lowest BCUT2D eigenvalue weighted by Crippen LogP contribution is -2.31. The Bertz CT molecular complexity index is 679. The minimum absolute atomic E-state index is 0.137. The van der Waals surface area contributed by atoms with Gasteiger partial charge < -0.3 is 20.1 Å². The van der Waals surface area contributed by atoms with E-state index >= 15 is 0 Å². The number of hydrogen-bond acceptors (Lipinski definition) is 5. The lowest BCUT2D eigenvalue weighted by molar-refractivity contribution is -0.136. The first-order valence-corrected chi connectivity index (χ1v) is 7.45. The van der Waals surface area contributed by atoms with Gasteiger partial charge in [-0.3, -0.25) is 4.79 Å². The first kappa shape index (κ1) is 17.0. The van der Waals surface area contributed by atoms with Gasteiger partial charge in [-0.05, 0) is 43.5 Å². The van der Waals surface area contributed by atoms with Gasteiger partial charge in [-0.2, -0.15) is 0 Å². The number of amides is 1. The first-order valence-electron chi connectivity index (χ1n) is 7.45. The largest absolute Gasteiger partial charge is 0.466 e. The van der Waals surface area contributed by atoms with Crippen LogP contribution in [0.2, 0.25) is 0 Å². The fraction of sp³-hybridized carbons (Fsp3) is 0.412. The maximum Gasteiger partial charge on any atom is 0.337 e. The number of carbonyl (C=O) groups is 2. The van der Waals surface area contributed by atoms with Crippen LogP contribution in [-0.2, 0) is 14.3 Å². The Hall–Kier alpha value is -2.34. The van der Waals surface area contributed by atoms with Crippen molar-refractivity contribution in [2.24, 2.45) is 0 Å². The minimum Gasteiger partial charge on any atom is -0.466 e. The number of carbonyl (C=O) groups excluding carboxylic acids is 2. The van der Waals surface area contributed by atoms with Crippen LogP contribution in [0.15, 0.2) is 23.4 Å². The molecule has 1 amide bonds. The number of aliphatic hydroxyl groups is 1. The molecule has 0 bridgehead atoms. The van der Waals surface area contributed by atoms with E-state index < -0.39 is 5.97 Å². The highest BCUT2D eigenvalue weighted by molar-refractivity contribution is 6.08. The standard InChI is InChI=1S/C17H22N2O4/c1-10-7-12(3)14(8-11(10)2)18-15-13(17(22)23-4)9-19(5-6-20)16(15)21/h7-8,18,20H,5-6,9H2,1-4H3.